The summed E-state index contributed by atoms with van der Waals surface area (Å²) in [6.45, 7) is 4.35. The number of aliphatic hydroxyl groups excluding tert-OH is 1. The first-order valence-electron chi connectivity index (χ1n) is 8.27. The highest BCUT2D eigenvalue weighted by atomic mass is 16.3. The van der Waals surface area contributed by atoms with E-state index in [9.17, 15) is 5.11 Å². The highest BCUT2D eigenvalue weighted by Gasteiger charge is 2.24. The summed E-state index contributed by atoms with van der Waals surface area (Å²) in [6, 6.07) is 9.28. The van der Waals surface area contributed by atoms with Gasteiger partial charge in [0, 0.05) is 12.1 Å². The van der Waals surface area contributed by atoms with Crippen molar-refractivity contribution in [3.63, 3.8) is 0 Å². The Kier molecular flexibility index (Phi) is 6.06. The smallest absolute Gasteiger partial charge is 0.0942 e. The molecule has 2 rings (SSSR count). The van der Waals surface area contributed by atoms with E-state index in [1.165, 1.54) is 37.7 Å². The molecule has 0 saturated heterocycles. The van der Waals surface area contributed by atoms with Crippen LogP contribution >= 0.6 is 0 Å². The van der Waals surface area contributed by atoms with Gasteiger partial charge in [0.15, 0.2) is 0 Å². The molecule has 0 aliphatic heterocycles. The minimum absolute atomic E-state index is 0.176. The van der Waals surface area contributed by atoms with Crippen molar-refractivity contribution in [3.05, 3.63) is 35.4 Å². The molecule has 0 aromatic heterocycles. The summed E-state index contributed by atoms with van der Waals surface area (Å²) in [6.07, 6.45) is 8.05. The molecule has 2 unspecified atom stereocenters. The second-order valence-corrected chi connectivity index (χ2v) is 6.10. The summed E-state index contributed by atoms with van der Waals surface area (Å²) in [5, 5.41) is 14.3. The standard InChI is InChI=1S/C18H29NO/c1-3-7-14-10-12-15(13-11-14)18(20)17(4-2)19-16-8-5-6-9-16/h10-13,16-20H,3-9H2,1-2H3. The Morgan fingerprint density at radius 2 is 1.80 bits per heavy atom. The molecular formula is C18H29NO. The van der Waals surface area contributed by atoms with E-state index in [0.29, 0.717) is 6.04 Å². The van der Waals surface area contributed by atoms with Crippen LogP contribution in [0.1, 0.15) is 69.6 Å². The molecule has 2 nitrogen and oxygen atoms in total. The molecule has 2 atom stereocenters. The second-order valence-electron chi connectivity index (χ2n) is 6.10. The van der Waals surface area contributed by atoms with Gasteiger partial charge in [-0.05, 0) is 36.8 Å². The third-order valence-electron chi connectivity index (χ3n) is 4.49. The molecule has 1 fully saturated rings. The third-order valence-corrected chi connectivity index (χ3v) is 4.49. The molecule has 1 aliphatic carbocycles. The summed E-state index contributed by atoms with van der Waals surface area (Å²) in [5.74, 6) is 0. The lowest BCUT2D eigenvalue weighted by atomic mass is 9.97. The average molecular weight is 275 g/mol. The van der Waals surface area contributed by atoms with Crippen LogP contribution in [0, 0.1) is 0 Å². The van der Waals surface area contributed by atoms with E-state index >= 15 is 0 Å². The van der Waals surface area contributed by atoms with Crippen LogP contribution in [0.2, 0.25) is 0 Å². The molecule has 112 valence electrons. The number of hydrogen-bond donors (Lipinski definition) is 2. The van der Waals surface area contributed by atoms with Gasteiger partial charge in [0.25, 0.3) is 0 Å². The Balaban J connectivity index is 1.97. The van der Waals surface area contributed by atoms with E-state index in [1.807, 2.05) is 0 Å². The minimum atomic E-state index is -0.392. The van der Waals surface area contributed by atoms with Crippen molar-refractivity contribution >= 4 is 0 Å². The van der Waals surface area contributed by atoms with Crippen LogP contribution in [0.25, 0.3) is 0 Å². The largest absolute Gasteiger partial charge is 0.387 e. The fourth-order valence-corrected chi connectivity index (χ4v) is 3.23. The Morgan fingerprint density at radius 1 is 1.15 bits per heavy atom. The summed E-state index contributed by atoms with van der Waals surface area (Å²) in [4.78, 5) is 0. The van der Waals surface area contributed by atoms with E-state index in [2.05, 4.69) is 43.4 Å². The van der Waals surface area contributed by atoms with Gasteiger partial charge in [-0.3, -0.25) is 0 Å². The number of benzene rings is 1. The molecule has 2 N–H and O–H groups in total. The van der Waals surface area contributed by atoms with Crippen molar-refractivity contribution in [1.82, 2.24) is 5.32 Å². The van der Waals surface area contributed by atoms with Crippen LogP contribution in [0.3, 0.4) is 0 Å². The molecular weight excluding hydrogens is 246 g/mol. The highest BCUT2D eigenvalue weighted by molar-refractivity contribution is 5.25. The molecule has 0 spiro atoms. The monoisotopic (exact) mass is 275 g/mol. The SMILES string of the molecule is CCCc1ccc(C(O)C(CC)NC2CCCC2)cc1. The van der Waals surface area contributed by atoms with Crippen LogP contribution in [-0.4, -0.2) is 17.2 Å². The Morgan fingerprint density at radius 3 is 2.35 bits per heavy atom. The normalized spacial score (nSPS) is 19.1. The van der Waals surface area contributed by atoms with E-state index < -0.39 is 6.10 Å². The maximum Gasteiger partial charge on any atom is 0.0942 e. The summed E-state index contributed by atoms with van der Waals surface area (Å²) >= 11 is 0. The fraction of sp³-hybridized carbons (Fsp3) is 0.667. The molecule has 1 aromatic carbocycles. The van der Waals surface area contributed by atoms with Gasteiger partial charge in [0.2, 0.25) is 0 Å². The predicted molar refractivity (Wildman–Crippen MR) is 84.9 cm³/mol. The van der Waals surface area contributed by atoms with Gasteiger partial charge < -0.3 is 10.4 Å². The van der Waals surface area contributed by atoms with Crippen molar-refractivity contribution < 1.29 is 5.11 Å². The topological polar surface area (TPSA) is 32.3 Å². The van der Waals surface area contributed by atoms with Gasteiger partial charge in [-0.25, -0.2) is 0 Å². The highest BCUT2D eigenvalue weighted by Crippen LogP contribution is 2.24. The Hall–Kier alpha value is -0.860. The molecule has 1 aromatic rings. The van der Waals surface area contributed by atoms with Crippen molar-refractivity contribution in [2.45, 2.75) is 77.0 Å². The Bertz CT molecular complexity index is 381. The number of nitrogens with one attached hydrogen (secondary N) is 1. The average Bonchev–Trinajstić information content (AvgIpc) is 2.98. The van der Waals surface area contributed by atoms with Gasteiger partial charge in [-0.2, -0.15) is 0 Å². The first kappa shape index (κ1) is 15.5. The first-order chi connectivity index (χ1) is 9.74. The van der Waals surface area contributed by atoms with Crippen LogP contribution < -0.4 is 5.32 Å². The van der Waals surface area contributed by atoms with Crippen molar-refractivity contribution in [1.29, 1.82) is 0 Å². The van der Waals surface area contributed by atoms with Gasteiger partial charge in [0.1, 0.15) is 0 Å². The fourth-order valence-electron chi connectivity index (χ4n) is 3.23. The second kappa shape index (κ2) is 7.80. The van der Waals surface area contributed by atoms with E-state index in [1.54, 1.807) is 0 Å². The molecule has 1 aliphatic rings. The zero-order valence-corrected chi connectivity index (χ0v) is 12.9. The molecule has 1 saturated carbocycles. The van der Waals surface area contributed by atoms with Gasteiger partial charge >= 0.3 is 0 Å². The maximum absolute atomic E-state index is 10.6. The molecule has 0 radical (unpaired) electrons. The molecule has 0 amide bonds. The van der Waals surface area contributed by atoms with Gasteiger partial charge in [-0.1, -0.05) is 57.4 Å². The number of aryl methyl sites for hydroxylation is 1. The lowest BCUT2D eigenvalue weighted by Gasteiger charge is -2.27. The van der Waals surface area contributed by atoms with Crippen LogP contribution in [0.4, 0.5) is 0 Å². The zero-order chi connectivity index (χ0) is 14.4. The predicted octanol–water partition coefficient (Wildman–Crippen LogP) is 3.98. The molecule has 20 heavy (non-hydrogen) atoms. The van der Waals surface area contributed by atoms with Crippen LogP contribution in [0.15, 0.2) is 24.3 Å². The lowest BCUT2D eigenvalue weighted by molar-refractivity contribution is 0.119. The minimum Gasteiger partial charge on any atom is -0.387 e. The van der Waals surface area contributed by atoms with Crippen molar-refractivity contribution in [2.24, 2.45) is 0 Å². The van der Waals surface area contributed by atoms with Crippen molar-refractivity contribution in [2.75, 3.05) is 0 Å². The summed E-state index contributed by atoms with van der Waals surface area (Å²) in [5.41, 5.74) is 2.41. The summed E-state index contributed by atoms with van der Waals surface area (Å²) < 4.78 is 0. The van der Waals surface area contributed by atoms with E-state index in [4.69, 9.17) is 0 Å². The molecule has 0 heterocycles. The van der Waals surface area contributed by atoms with E-state index in [-0.39, 0.29) is 6.04 Å². The first-order valence-corrected chi connectivity index (χ1v) is 8.27. The number of hydrogen-bond acceptors (Lipinski definition) is 2. The Labute approximate surface area is 123 Å². The van der Waals surface area contributed by atoms with Gasteiger partial charge in [-0.15, -0.1) is 0 Å². The van der Waals surface area contributed by atoms with Crippen LogP contribution in [-0.2, 0) is 6.42 Å². The number of aliphatic hydroxyl groups is 1. The zero-order valence-electron chi connectivity index (χ0n) is 12.9. The quantitative estimate of drug-likeness (QED) is 0.789. The van der Waals surface area contributed by atoms with Crippen molar-refractivity contribution in [3.8, 4) is 0 Å². The summed E-state index contributed by atoms with van der Waals surface area (Å²) in [7, 11) is 0. The number of rotatable bonds is 7. The third kappa shape index (κ3) is 4.07. The molecule has 0 bridgehead atoms. The van der Waals surface area contributed by atoms with Gasteiger partial charge in [0.05, 0.1) is 6.10 Å². The maximum atomic E-state index is 10.6. The van der Waals surface area contributed by atoms with E-state index in [0.717, 1.165) is 18.4 Å². The molecule has 2 heteroatoms. The van der Waals surface area contributed by atoms with Crippen LogP contribution in [0.5, 0.6) is 0 Å². The lowest BCUT2D eigenvalue weighted by Crippen LogP contribution is -2.40.